The van der Waals surface area contributed by atoms with Crippen molar-refractivity contribution < 1.29 is 27.1 Å². The smallest absolute Gasteiger partial charge is 0.267 e. The van der Waals surface area contributed by atoms with Gasteiger partial charge in [0.2, 0.25) is 0 Å². The van der Waals surface area contributed by atoms with Gasteiger partial charge in [0.25, 0.3) is 15.9 Å². The van der Waals surface area contributed by atoms with Crippen LogP contribution in [0.2, 0.25) is 5.02 Å². The number of hydrogen-bond acceptors (Lipinski definition) is 6. The fraction of sp³-hybridized carbons (Fsp3) is 0.107. The number of nitrogens with one attached hydrogen (secondary N) is 1. The molecule has 0 saturated heterocycles. The zero-order valence-corrected chi connectivity index (χ0v) is 21.6. The predicted molar refractivity (Wildman–Crippen MR) is 146 cm³/mol. The zero-order valence-electron chi connectivity index (χ0n) is 20.1. The minimum Gasteiger partial charge on any atom is -0.497 e. The summed E-state index contributed by atoms with van der Waals surface area (Å²) in [6, 6.07) is 23.7. The monoisotopic (exact) mass is 548 g/mol. The number of para-hydroxylation sites is 1. The Morgan fingerprint density at radius 3 is 2.53 bits per heavy atom. The summed E-state index contributed by atoms with van der Waals surface area (Å²) in [6.07, 6.45) is -1.12. The second-order valence-corrected chi connectivity index (χ2v) is 11.0. The molecule has 38 heavy (non-hydrogen) atoms. The highest BCUT2D eigenvalue weighted by atomic mass is 35.5. The molecule has 0 saturated carbocycles. The molecule has 1 aromatic heterocycles. The molecule has 1 atom stereocenters. The van der Waals surface area contributed by atoms with Crippen LogP contribution in [0, 0.1) is 0 Å². The Kier molecular flexibility index (Phi) is 5.89. The Balaban J connectivity index is 1.31. The summed E-state index contributed by atoms with van der Waals surface area (Å²) in [5.41, 5.74) is 2.12. The number of carbonyl (C=O) groups is 1. The number of amides is 1. The highest BCUT2D eigenvalue weighted by molar-refractivity contribution is 7.92. The van der Waals surface area contributed by atoms with E-state index >= 15 is 0 Å². The van der Waals surface area contributed by atoms with E-state index in [1.54, 1.807) is 36.4 Å². The molecule has 0 fully saturated rings. The van der Waals surface area contributed by atoms with Crippen molar-refractivity contribution in [1.82, 2.24) is 0 Å². The molecule has 192 valence electrons. The number of benzene rings is 4. The Hall–Kier alpha value is -4.21. The number of methoxy groups -OCH3 is 1. The maximum absolute atomic E-state index is 13.7. The Labute approximate surface area is 223 Å². The van der Waals surface area contributed by atoms with E-state index in [0.717, 1.165) is 20.7 Å². The highest BCUT2D eigenvalue weighted by Crippen LogP contribution is 2.39. The molecule has 4 aromatic carbocycles. The van der Waals surface area contributed by atoms with Crippen molar-refractivity contribution in [1.29, 1.82) is 0 Å². The topological polar surface area (TPSA) is 98.1 Å². The van der Waals surface area contributed by atoms with E-state index in [4.69, 9.17) is 25.5 Å². The number of ether oxygens (including phenoxy) is 2. The summed E-state index contributed by atoms with van der Waals surface area (Å²) >= 11 is 6.18. The lowest BCUT2D eigenvalue weighted by Gasteiger charge is -2.34. The fourth-order valence-electron chi connectivity index (χ4n) is 4.49. The van der Waals surface area contributed by atoms with Crippen molar-refractivity contribution in [2.75, 3.05) is 23.3 Å². The summed E-state index contributed by atoms with van der Waals surface area (Å²) < 4.78 is 45.5. The number of halogens is 1. The van der Waals surface area contributed by atoms with Crippen LogP contribution in [0.25, 0.3) is 21.9 Å². The average Bonchev–Trinajstić information content (AvgIpc) is 3.30. The standard InChI is InChI=1S/C28H21ClN2O6S/c1-35-19-8-10-20(11-9-19)38(33,34)31-16-27(37-25-13-6-17(29)14-23(25)31)28(32)30-18-7-12-22-21-4-2-3-5-24(21)36-26(22)15-18/h2-15,27H,16H2,1H3,(H,30,32)/t27-/m0/s1. The quantitative estimate of drug-likeness (QED) is 0.296. The second kappa shape index (κ2) is 9.27. The number of hydrogen-bond donors (Lipinski definition) is 1. The van der Waals surface area contributed by atoms with Gasteiger partial charge >= 0.3 is 0 Å². The fourth-order valence-corrected chi connectivity index (χ4v) is 6.12. The van der Waals surface area contributed by atoms with Gasteiger partial charge in [0.15, 0.2) is 6.10 Å². The van der Waals surface area contributed by atoms with E-state index in [0.29, 0.717) is 22.0 Å². The maximum atomic E-state index is 13.7. The molecule has 1 amide bonds. The van der Waals surface area contributed by atoms with E-state index in [-0.39, 0.29) is 22.9 Å². The van der Waals surface area contributed by atoms with Gasteiger partial charge in [-0.15, -0.1) is 0 Å². The van der Waals surface area contributed by atoms with E-state index in [2.05, 4.69) is 5.32 Å². The number of furan rings is 1. The Morgan fingerprint density at radius 2 is 1.74 bits per heavy atom. The van der Waals surface area contributed by atoms with Gasteiger partial charge in [-0.1, -0.05) is 29.8 Å². The van der Waals surface area contributed by atoms with Crippen LogP contribution in [0.4, 0.5) is 11.4 Å². The van der Waals surface area contributed by atoms with E-state index in [1.165, 1.54) is 25.3 Å². The Morgan fingerprint density at radius 1 is 0.974 bits per heavy atom. The van der Waals surface area contributed by atoms with Crippen LogP contribution in [-0.2, 0) is 14.8 Å². The minimum absolute atomic E-state index is 0.0422. The molecule has 0 radical (unpaired) electrons. The normalized spacial score (nSPS) is 15.2. The number of rotatable bonds is 5. The third-order valence-electron chi connectivity index (χ3n) is 6.38. The molecular weight excluding hydrogens is 528 g/mol. The summed E-state index contributed by atoms with van der Waals surface area (Å²) in [7, 11) is -2.56. The van der Waals surface area contributed by atoms with Crippen LogP contribution in [0.1, 0.15) is 0 Å². The van der Waals surface area contributed by atoms with Crippen LogP contribution in [0.5, 0.6) is 11.5 Å². The molecule has 8 nitrogen and oxygen atoms in total. The van der Waals surface area contributed by atoms with Gasteiger partial charge in [0, 0.05) is 27.5 Å². The largest absolute Gasteiger partial charge is 0.497 e. The summed E-state index contributed by atoms with van der Waals surface area (Å²) in [4.78, 5) is 13.4. The average molecular weight is 549 g/mol. The van der Waals surface area contributed by atoms with Crippen molar-refractivity contribution in [2.45, 2.75) is 11.0 Å². The van der Waals surface area contributed by atoms with Gasteiger partial charge < -0.3 is 19.2 Å². The van der Waals surface area contributed by atoms with Gasteiger partial charge in [-0.25, -0.2) is 8.42 Å². The van der Waals surface area contributed by atoms with Crippen LogP contribution in [0.3, 0.4) is 0 Å². The lowest BCUT2D eigenvalue weighted by Crippen LogP contribution is -2.48. The maximum Gasteiger partial charge on any atom is 0.267 e. The molecule has 2 heterocycles. The number of sulfonamides is 1. The predicted octanol–water partition coefficient (Wildman–Crippen LogP) is 5.84. The van der Waals surface area contributed by atoms with Crippen LogP contribution in [-0.4, -0.2) is 34.1 Å². The first-order valence-corrected chi connectivity index (χ1v) is 13.5. The minimum atomic E-state index is -4.06. The number of carbonyl (C=O) groups excluding carboxylic acids is 1. The molecule has 1 N–H and O–H groups in total. The zero-order chi connectivity index (χ0) is 26.4. The Bertz CT molecular complexity index is 1800. The third-order valence-corrected chi connectivity index (χ3v) is 8.41. The SMILES string of the molecule is COc1ccc(S(=O)(=O)N2C[C@@H](C(=O)Nc3ccc4c(c3)oc3ccccc34)Oc3ccc(Cl)cc32)cc1. The summed E-state index contributed by atoms with van der Waals surface area (Å²) in [6.45, 7) is -0.250. The molecule has 6 rings (SSSR count). The summed E-state index contributed by atoms with van der Waals surface area (Å²) in [5.74, 6) is 0.245. The number of anilines is 2. The lowest BCUT2D eigenvalue weighted by molar-refractivity contribution is -0.122. The van der Waals surface area contributed by atoms with E-state index < -0.39 is 22.0 Å². The van der Waals surface area contributed by atoms with Crippen molar-refractivity contribution in [3.63, 3.8) is 0 Å². The number of fused-ring (bicyclic) bond motifs is 4. The second-order valence-electron chi connectivity index (χ2n) is 8.73. The molecular formula is C28H21ClN2O6S. The van der Waals surface area contributed by atoms with Crippen LogP contribution in [0.15, 0.2) is 94.2 Å². The van der Waals surface area contributed by atoms with Gasteiger partial charge in [0.1, 0.15) is 22.7 Å². The molecule has 10 heteroatoms. The third kappa shape index (κ3) is 4.19. The molecule has 1 aliphatic rings. The van der Waals surface area contributed by atoms with Crippen LogP contribution >= 0.6 is 11.6 Å². The van der Waals surface area contributed by atoms with E-state index in [9.17, 15) is 13.2 Å². The molecule has 1 aliphatic heterocycles. The number of nitrogens with zero attached hydrogens (tertiary/aromatic N) is 1. The first kappa shape index (κ1) is 24.1. The molecule has 0 aliphatic carbocycles. The van der Waals surface area contributed by atoms with Gasteiger partial charge in [-0.05, 0) is 60.7 Å². The van der Waals surface area contributed by atoms with Crippen molar-refractivity contribution in [3.05, 3.63) is 90.0 Å². The van der Waals surface area contributed by atoms with Crippen LogP contribution < -0.4 is 19.1 Å². The van der Waals surface area contributed by atoms with E-state index in [1.807, 2.05) is 30.3 Å². The highest BCUT2D eigenvalue weighted by Gasteiger charge is 2.38. The lowest BCUT2D eigenvalue weighted by atomic mass is 10.1. The summed E-state index contributed by atoms with van der Waals surface area (Å²) in [5, 5.41) is 5.07. The van der Waals surface area contributed by atoms with Gasteiger partial charge in [0.05, 0.1) is 24.2 Å². The molecule has 0 bridgehead atoms. The van der Waals surface area contributed by atoms with Gasteiger partial charge in [-0.3, -0.25) is 9.10 Å². The molecule has 0 unspecified atom stereocenters. The van der Waals surface area contributed by atoms with Crippen molar-refractivity contribution in [2.24, 2.45) is 0 Å². The first-order chi connectivity index (χ1) is 18.3. The van der Waals surface area contributed by atoms with Crippen molar-refractivity contribution in [3.8, 4) is 11.5 Å². The first-order valence-electron chi connectivity index (χ1n) is 11.7. The van der Waals surface area contributed by atoms with Crippen molar-refractivity contribution >= 4 is 60.8 Å². The molecule has 5 aromatic rings. The van der Waals surface area contributed by atoms with Gasteiger partial charge in [-0.2, -0.15) is 0 Å². The molecule has 0 spiro atoms.